The molecule has 1 aromatic rings. The number of hydrogen-bond acceptors (Lipinski definition) is 3. The predicted octanol–water partition coefficient (Wildman–Crippen LogP) is 2.31. The van der Waals surface area contributed by atoms with Gasteiger partial charge in [-0.3, -0.25) is 4.57 Å². The molecule has 0 saturated heterocycles. The van der Waals surface area contributed by atoms with Gasteiger partial charge in [0.05, 0.1) is 0 Å². The average molecular weight is 250 g/mol. The van der Waals surface area contributed by atoms with Gasteiger partial charge in [-0.05, 0) is 12.0 Å². The summed E-state index contributed by atoms with van der Waals surface area (Å²) in [5, 5.41) is 0. The van der Waals surface area contributed by atoms with Gasteiger partial charge in [0.15, 0.2) is 0 Å². The third-order valence-electron chi connectivity index (χ3n) is 1.75. The molecule has 0 aliphatic heterocycles. The van der Waals surface area contributed by atoms with Gasteiger partial charge in [0.1, 0.15) is 4.99 Å². The summed E-state index contributed by atoms with van der Waals surface area (Å²) in [6.07, 6.45) is 0.333. The minimum absolute atomic E-state index is 0.333. The van der Waals surface area contributed by atoms with E-state index in [1.54, 1.807) is 0 Å². The van der Waals surface area contributed by atoms with Crippen LogP contribution < -0.4 is 0 Å². The Morgan fingerprint density at radius 2 is 1.93 bits per heavy atom. The Morgan fingerprint density at radius 1 is 1.36 bits per heavy atom. The fourth-order valence-corrected chi connectivity index (χ4v) is 3.57. The molecule has 0 fully saturated rings. The van der Waals surface area contributed by atoms with Crippen LogP contribution in [-0.2, 0) is 11.0 Å². The first kappa shape index (κ1) is 12.1. The molecule has 6 heteroatoms. The molecular weight excluding hydrogens is 239 g/mol. The van der Waals surface area contributed by atoms with Crippen LogP contribution in [0, 0.1) is 0 Å². The second-order valence-electron chi connectivity index (χ2n) is 2.84. The van der Waals surface area contributed by atoms with E-state index in [2.05, 4.69) is 11.7 Å². The SMILES string of the molecule is O=P(O)(O)C(Cc1ccccc1)SS. The third-order valence-corrected chi connectivity index (χ3v) is 5.50. The first-order valence-corrected chi connectivity index (χ1v) is 7.55. The zero-order valence-corrected chi connectivity index (χ0v) is 9.88. The molecule has 3 nitrogen and oxygen atoms in total. The summed E-state index contributed by atoms with van der Waals surface area (Å²) in [6.45, 7) is 0. The summed E-state index contributed by atoms with van der Waals surface area (Å²) in [6, 6.07) is 9.23. The number of rotatable bonds is 4. The molecule has 14 heavy (non-hydrogen) atoms. The minimum atomic E-state index is -4.05. The summed E-state index contributed by atoms with van der Waals surface area (Å²) >= 11 is 3.86. The predicted molar refractivity (Wildman–Crippen MR) is 62.6 cm³/mol. The molecule has 2 N–H and O–H groups in total. The van der Waals surface area contributed by atoms with Crippen molar-refractivity contribution in [3.8, 4) is 0 Å². The molecule has 0 heterocycles. The lowest BCUT2D eigenvalue weighted by atomic mass is 10.2. The van der Waals surface area contributed by atoms with E-state index in [9.17, 15) is 4.57 Å². The van der Waals surface area contributed by atoms with E-state index in [0.29, 0.717) is 6.42 Å². The van der Waals surface area contributed by atoms with Gasteiger partial charge < -0.3 is 9.79 Å². The van der Waals surface area contributed by atoms with Crippen LogP contribution in [0.2, 0.25) is 0 Å². The fraction of sp³-hybridized carbons (Fsp3) is 0.250. The van der Waals surface area contributed by atoms with Crippen molar-refractivity contribution in [2.45, 2.75) is 11.4 Å². The summed E-state index contributed by atoms with van der Waals surface area (Å²) in [7, 11) is -3.15. The first-order valence-electron chi connectivity index (χ1n) is 3.93. The lowest BCUT2D eigenvalue weighted by Gasteiger charge is -2.14. The monoisotopic (exact) mass is 250 g/mol. The molecule has 0 radical (unpaired) electrons. The minimum Gasteiger partial charge on any atom is -0.324 e. The molecule has 0 aliphatic carbocycles. The number of benzene rings is 1. The van der Waals surface area contributed by atoms with Gasteiger partial charge in [0.25, 0.3) is 0 Å². The average Bonchev–Trinajstić information content (AvgIpc) is 2.14. The smallest absolute Gasteiger partial charge is 0.324 e. The highest BCUT2D eigenvalue weighted by Gasteiger charge is 2.28. The zero-order chi connectivity index (χ0) is 10.6. The summed E-state index contributed by atoms with van der Waals surface area (Å²) in [5.41, 5.74) is 0.905. The molecule has 1 rings (SSSR count). The van der Waals surface area contributed by atoms with Crippen LogP contribution in [-0.4, -0.2) is 14.8 Å². The first-order chi connectivity index (χ1) is 6.54. The molecule has 0 saturated carbocycles. The van der Waals surface area contributed by atoms with E-state index in [1.165, 1.54) is 0 Å². The van der Waals surface area contributed by atoms with Gasteiger partial charge in [-0.15, -0.1) is 11.7 Å². The third kappa shape index (κ3) is 3.67. The van der Waals surface area contributed by atoms with Crippen molar-refractivity contribution in [1.82, 2.24) is 0 Å². The van der Waals surface area contributed by atoms with E-state index < -0.39 is 12.6 Å². The highest BCUT2D eigenvalue weighted by atomic mass is 33.1. The maximum Gasteiger partial charge on any atom is 0.339 e. The molecule has 0 amide bonds. The highest BCUT2D eigenvalue weighted by Crippen LogP contribution is 2.49. The highest BCUT2D eigenvalue weighted by molar-refractivity contribution is 8.69. The van der Waals surface area contributed by atoms with Crippen LogP contribution >= 0.6 is 30.1 Å². The topological polar surface area (TPSA) is 57.5 Å². The molecule has 1 unspecified atom stereocenters. The van der Waals surface area contributed by atoms with Gasteiger partial charge in [-0.25, -0.2) is 0 Å². The van der Waals surface area contributed by atoms with Crippen molar-refractivity contribution in [3.63, 3.8) is 0 Å². The van der Waals surface area contributed by atoms with Crippen LogP contribution in [0.1, 0.15) is 5.56 Å². The Balaban J connectivity index is 2.72. The molecule has 0 bridgehead atoms. The Kier molecular flexibility index (Phi) is 4.54. The lowest BCUT2D eigenvalue weighted by molar-refractivity contribution is 0.369. The molecule has 0 spiro atoms. The van der Waals surface area contributed by atoms with Crippen LogP contribution in [0.4, 0.5) is 0 Å². The Bertz CT molecular complexity index is 325. The molecule has 1 atom stereocenters. The second-order valence-corrected chi connectivity index (χ2v) is 6.40. The standard InChI is InChI=1S/C8H11O3PS2/c9-12(10,11)8(14-13)6-7-4-2-1-3-5-7/h1-5,8,13H,6H2,(H2,9,10,11). The maximum absolute atomic E-state index is 11.0. The zero-order valence-electron chi connectivity index (χ0n) is 7.28. The second kappa shape index (κ2) is 5.24. The van der Waals surface area contributed by atoms with E-state index in [-0.39, 0.29) is 0 Å². The summed E-state index contributed by atoms with van der Waals surface area (Å²) in [5.74, 6) is 0. The Morgan fingerprint density at radius 3 is 2.36 bits per heavy atom. The summed E-state index contributed by atoms with van der Waals surface area (Å²) < 4.78 is 11.0. The lowest BCUT2D eigenvalue weighted by Crippen LogP contribution is -2.05. The van der Waals surface area contributed by atoms with Crippen molar-refractivity contribution >= 4 is 30.1 Å². The van der Waals surface area contributed by atoms with Crippen LogP contribution in [0.5, 0.6) is 0 Å². The van der Waals surface area contributed by atoms with E-state index in [0.717, 1.165) is 16.4 Å². The largest absolute Gasteiger partial charge is 0.339 e. The molecule has 78 valence electrons. The Labute approximate surface area is 91.9 Å². The number of hydrogen-bond donors (Lipinski definition) is 3. The van der Waals surface area contributed by atoms with Gasteiger partial charge >= 0.3 is 7.60 Å². The van der Waals surface area contributed by atoms with E-state index in [4.69, 9.17) is 9.79 Å². The van der Waals surface area contributed by atoms with Crippen molar-refractivity contribution in [1.29, 1.82) is 0 Å². The van der Waals surface area contributed by atoms with Crippen LogP contribution in [0.15, 0.2) is 30.3 Å². The Hall–Kier alpha value is 0.0700. The summed E-state index contributed by atoms with van der Waals surface area (Å²) in [4.78, 5) is 17.2. The molecule has 0 aliphatic rings. The van der Waals surface area contributed by atoms with Crippen molar-refractivity contribution in [2.75, 3.05) is 0 Å². The van der Waals surface area contributed by atoms with E-state index in [1.807, 2.05) is 30.3 Å². The molecule has 1 aromatic carbocycles. The fourth-order valence-electron chi connectivity index (χ4n) is 1.03. The van der Waals surface area contributed by atoms with Gasteiger partial charge in [0.2, 0.25) is 0 Å². The maximum atomic E-state index is 11.0. The van der Waals surface area contributed by atoms with Gasteiger partial charge in [0, 0.05) is 0 Å². The van der Waals surface area contributed by atoms with Gasteiger partial charge in [-0.1, -0.05) is 41.1 Å². The van der Waals surface area contributed by atoms with Crippen molar-refractivity contribution in [2.24, 2.45) is 0 Å². The van der Waals surface area contributed by atoms with Crippen molar-refractivity contribution < 1.29 is 14.4 Å². The van der Waals surface area contributed by atoms with E-state index >= 15 is 0 Å². The normalized spacial score (nSPS) is 13.9. The van der Waals surface area contributed by atoms with Crippen LogP contribution in [0.25, 0.3) is 0 Å². The van der Waals surface area contributed by atoms with Crippen LogP contribution in [0.3, 0.4) is 0 Å². The molecule has 0 aromatic heterocycles. The van der Waals surface area contributed by atoms with Crippen molar-refractivity contribution in [3.05, 3.63) is 35.9 Å². The van der Waals surface area contributed by atoms with Gasteiger partial charge in [-0.2, -0.15) is 0 Å². The number of thiol groups is 1. The quantitative estimate of drug-likeness (QED) is 0.436. The molecular formula is C8H11O3PS2.